The second kappa shape index (κ2) is 8.41. The lowest BCUT2D eigenvalue weighted by atomic mass is 9.84. The zero-order valence-electron chi connectivity index (χ0n) is 16.3. The highest BCUT2D eigenvalue weighted by Gasteiger charge is 2.33. The van der Waals surface area contributed by atoms with Gasteiger partial charge in [-0.1, -0.05) is 28.1 Å². The van der Waals surface area contributed by atoms with E-state index >= 15 is 0 Å². The summed E-state index contributed by atoms with van der Waals surface area (Å²) in [7, 11) is 1.98. The SMILES string of the molecule is Cc1nc(C2CCC(N3CCOC[C@@H]3Cc3ccc(Br)cc3)CC2)nn1C. The number of halogens is 1. The van der Waals surface area contributed by atoms with E-state index in [0.29, 0.717) is 18.0 Å². The molecule has 2 heterocycles. The molecule has 1 saturated heterocycles. The third-order valence-corrected chi connectivity index (χ3v) is 6.71. The number of aromatic nitrogens is 3. The van der Waals surface area contributed by atoms with Gasteiger partial charge in [0.15, 0.2) is 5.82 Å². The Hall–Kier alpha value is -1.24. The summed E-state index contributed by atoms with van der Waals surface area (Å²) in [6.45, 7) is 4.79. The molecule has 5 nitrogen and oxygen atoms in total. The number of benzene rings is 1. The first-order valence-electron chi connectivity index (χ1n) is 10.1. The molecule has 0 spiro atoms. The van der Waals surface area contributed by atoms with Gasteiger partial charge in [0.25, 0.3) is 0 Å². The molecule has 0 amide bonds. The van der Waals surface area contributed by atoms with Crippen LogP contribution in [0.3, 0.4) is 0 Å². The lowest BCUT2D eigenvalue weighted by Crippen LogP contribution is -2.52. The fraction of sp³-hybridized carbons (Fsp3) is 0.619. The van der Waals surface area contributed by atoms with Gasteiger partial charge in [-0.3, -0.25) is 9.58 Å². The van der Waals surface area contributed by atoms with E-state index in [-0.39, 0.29) is 0 Å². The minimum Gasteiger partial charge on any atom is -0.378 e. The fourth-order valence-corrected chi connectivity index (χ4v) is 4.81. The van der Waals surface area contributed by atoms with Gasteiger partial charge in [0.2, 0.25) is 0 Å². The highest BCUT2D eigenvalue weighted by Crippen LogP contribution is 2.35. The summed E-state index contributed by atoms with van der Waals surface area (Å²) in [6.07, 6.45) is 5.92. The number of nitrogens with zero attached hydrogens (tertiary/aromatic N) is 4. The molecular formula is C21H29BrN4O. The molecule has 1 aliphatic heterocycles. The van der Waals surface area contributed by atoms with Crippen LogP contribution in [0, 0.1) is 6.92 Å². The molecule has 146 valence electrons. The number of rotatable bonds is 4. The summed E-state index contributed by atoms with van der Waals surface area (Å²) in [5.41, 5.74) is 1.39. The Morgan fingerprint density at radius 3 is 2.56 bits per heavy atom. The Morgan fingerprint density at radius 1 is 1.15 bits per heavy atom. The lowest BCUT2D eigenvalue weighted by Gasteiger charge is -2.43. The van der Waals surface area contributed by atoms with Crippen molar-refractivity contribution >= 4 is 15.9 Å². The van der Waals surface area contributed by atoms with Crippen molar-refractivity contribution in [2.45, 2.75) is 57.0 Å². The Labute approximate surface area is 170 Å². The van der Waals surface area contributed by atoms with Crippen molar-refractivity contribution < 1.29 is 4.74 Å². The quantitative estimate of drug-likeness (QED) is 0.735. The van der Waals surface area contributed by atoms with Crippen LogP contribution in [0.25, 0.3) is 0 Å². The van der Waals surface area contributed by atoms with Crippen LogP contribution >= 0.6 is 15.9 Å². The van der Waals surface area contributed by atoms with Gasteiger partial charge < -0.3 is 4.74 Å². The van der Waals surface area contributed by atoms with Crippen molar-refractivity contribution in [2.24, 2.45) is 7.05 Å². The first-order valence-corrected chi connectivity index (χ1v) is 10.8. The predicted molar refractivity (Wildman–Crippen MR) is 110 cm³/mol. The van der Waals surface area contributed by atoms with Crippen LogP contribution < -0.4 is 0 Å². The molecule has 1 atom stereocenters. The second-order valence-corrected chi connectivity index (χ2v) is 8.86. The van der Waals surface area contributed by atoms with E-state index in [9.17, 15) is 0 Å². The number of hydrogen-bond donors (Lipinski definition) is 0. The molecule has 6 heteroatoms. The third-order valence-electron chi connectivity index (χ3n) is 6.19. The minimum atomic E-state index is 0.483. The third kappa shape index (κ3) is 4.44. The number of hydrogen-bond acceptors (Lipinski definition) is 4. The molecule has 4 rings (SSSR count). The number of morpholine rings is 1. The van der Waals surface area contributed by atoms with Gasteiger partial charge in [-0.15, -0.1) is 0 Å². The van der Waals surface area contributed by atoms with E-state index in [1.807, 2.05) is 18.7 Å². The average molecular weight is 433 g/mol. The molecule has 2 aromatic rings. The van der Waals surface area contributed by atoms with Gasteiger partial charge >= 0.3 is 0 Å². The van der Waals surface area contributed by atoms with Gasteiger partial charge in [-0.05, 0) is 56.7 Å². The second-order valence-electron chi connectivity index (χ2n) is 7.94. The molecule has 1 aromatic heterocycles. The fourth-order valence-electron chi connectivity index (χ4n) is 4.54. The van der Waals surface area contributed by atoms with Gasteiger partial charge in [0, 0.05) is 36.1 Å². The highest BCUT2D eigenvalue weighted by atomic mass is 79.9. The van der Waals surface area contributed by atoms with E-state index in [1.165, 1.54) is 31.2 Å². The molecule has 1 saturated carbocycles. The molecule has 0 unspecified atom stereocenters. The van der Waals surface area contributed by atoms with E-state index in [0.717, 1.165) is 42.3 Å². The maximum atomic E-state index is 5.83. The molecule has 27 heavy (non-hydrogen) atoms. The van der Waals surface area contributed by atoms with Crippen molar-refractivity contribution in [3.05, 3.63) is 46.0 Å². The van der Waals surface area contributed by atoms with Crippen molar-refractivity contribution in [1.82, 2.24) is 19.7 Å². The van der Waals surface area contributed by atoms with Crippen molar-refractivity contribution in [3.63, 3.8) is 0 Å². The Bertz CT molecular complexity index is 733. The lowest BCUT2D eigenvalue weighted by molar-refractivity contribution is -0.0367. The largest absolute Gasteiger partial charge is 0.378 e. The van der Waals surface area contributed by atoms with Crippen LogP contribution in [0.1, 0.15) is 48.8 Å². The van der Waals surface area contributed by atoms with E-state index < -0.39 is 0 Å². The van der Waals surface area contributed by atoms with Gasteiger partial charge in [-0.25, -0.2) is 4.98 Å². The van der Waals surface area contributed by atoms with Crippen molar-refractivity contribution in [2.75, 3.05) is 19.8 Å². The molecule has 1 aliphatic carbocycles. The van der Waals surface area contributed by atoms with Crippen molar-refractivity contribution in [1.29, 1.82) is 0 Å². The van der Waals surface area contributed by atoms with Crippen LogP contribution in [-0.4, -0.2) is 51.5 Å². The standard InChI is InChI=1S/C21H29BrN4O/c1-15-23-21(24-25(15)2)17-5-9-19(10-6-17)26-11-12-27-14-20(26)13-16-3-7-18(22)8-4-16/h3-4,7-8,17,19-20H,5-6,9-14H2,1-2H3/t17?,19?,20-/m0/s1. The summed E-state index contributed by atoms with van der Waals surface area (Å²) >= 11 is 3.53. The monoisotopic (exact) mass is 432 g/mol. The Balaban J connectivity index is 1.38. The smallest absolute Gasteiger partial charge is 0.153 e. The van der Waals surface area contributed by atoms with Gasteiger partial charge in [-0.2, -0.15) is 5.10 Å². The molecular weight excluding hydrogens is 404 g/mol. The molecule has 0 bridgehead atoms. The maximum Gasteiger partial charge on any atom is 0.153 e. The molecule has 1 aromatic carbocycles. The topological polar surface area (TPSA) is 43.2 Å². The zero-order chi connectivity index (χ0) is 18.8. The van der Waals surface area contributed by atoms with Crippen LogP contribution in [0.2, 0.25) is 0 Å². The zero-order valence-corrected chi connectivity index (χ0v) is 17.9. The predicted octanol–water partition coefficient (Wildman–Crippen LogP) is 3.86. The minimum absolute atomic E-state index is 0.483. The summed E-state index contributed by atoms with van der Waals surface area (Å²) in [5.74, 6) is 2.57. The first kappa shape index (κ1) is 19.1. The summed E-state index contributed by atoms with van der Waals surface area (Å²) in [5, 5.41) is 4.62. The highest BCUT2D eigenvalue weighted by molar-refractivity contribution is 9.10. The molecule has 0 radical (unpaired) electrons. The first-order chi connectivity index (χ1) is 13.1. The average Bonchev–Trinajstić information content (AvgIpc) is 3.03. The van der Waals surface area contributed by atoms with Crippen LogP contribution in [0.5, 0.6) is 0 Å². The van der Waals surface area contributed by atoms with Crippen LogP contribution in [-0.2, 0) is 18.2 Å². The Kier molecular flexibility index (Phi) is 5.95. The number of aryl methyl sites for hydroxylation is 2. The van der Waals surface area contributed by atoms with Crippen molar-refractivity contribution in [3.8, 4) is 0 Å². The molecule has 2 fully saturated rings. The van der Waals surface area contributed by atoms with Crippen LogP contribution in [0.4, 0.5) is 0 Å². The van der Waals surface area contributed by atoms with E-state index in [2.05, 4.69) is 55.2 Å². The normalized spacial score (nSPS) is 27.0. The Morgan fingerprint density at radius 2 is 1.89 bits per heavy atom. The van der Waals surface area contributed by atoms with E-state index in [4.69, 9.17) is 4.74 Å². The summed E-state index contributed by atoms with van der Waals surface area (Å²) in [6, 6.07) is 9.87. The van der Waals surface area contributed by atoms with Gasteiger partial charge in [0.05, 0.1) is 13.2 Å². The molecule has 2 aliphatic rings. The van der Waals surface area contributed by atoms with Crippen LogP contribution in [0.15, 0.2) is 28.7 Å². The van der Waals surface area contributed by atoms with E-state index in [1.54, 1.807) is 0 Å². The summed E-state index contributed by atoms with van der Waals surface area (Å²) < 4.78 is 8.87. The number of ether oxygens (including phenoxy) is 1. The summed E-state index contributed by atoms with van der Waals surface area (Å²) in [4.78, 5) is 7.38. The van der Waals surface area contributed by atoms with Gasteiger partial charge in [0.1, 0.15) is 5.82 Å². The molecule has 0 N–H and O–H groups in total. The maximum absolute atomic E-state index is 5.83.